The van der Waals surface area contributed by atoms with Crippen LogP contribution in [0.1, 0.15) is 19.8 Å². The van der Waals surface area contributed by atoms with E-state index < -0.39 is 0 Å². The zero-order valence-corrected chi connectivity index (χ0v) is 5.65. The van der Waals surface area contributed by atoms with Crippen LogP contribution in [0.15, 0.2) is 12.3 Å². The molecule has 0 amide bonds. The van der Waals surface area contributed by atoms with Gasteiger partial charge >= 0.3 is 0 Å². The van der Waals surface area contributed by atoms with Gasteiger partial charge in [-0.15, -0.1) is 0 Å². The Bertz CT molecular complexity index is 134. The maximum absolute atomic E-state index is 7.03. The van der Waals surface area contributed by atoms with Gasteiger partial charge in [-0.3, -0.25) is 0 Å². The summed E-state index contributed by atoms with van der Waals surface area (Å²) in [5.41, 5.74) is 0.600. The molecule has 0 atom stereocenters. The summed E-state index contributed by atoms with van der Waals surface area (Å²) in [7, 11) is 0. The quantitative estimate of drug-likeness (QED) is 0.546. The number of nitrogens with one attached hydrogen (secondary N) is 2. The van der Waals surface area contributed by atoms with Crippen molar-refractivity contribution in [3.63, 3.8) is 0 Å². The number of hydrogen-bond acceptors (Lipinski definition) is 2. The predicted octanol–water partition coefficient (Wildman–Crippen LogP) is 1.29. The van der Waals surface area contributed by atoms with Gasteiger partial charge in [0.05, 0.1) is 0 Å². The third-order valence-electron chi connectivity index (χ3n) is 1.24. The Morgan fingerprint density at radius 2 is 2.33 bits per heavy atom. The molecule has 0 unspecified atom stereocenters. The molecule has 9 heavy (non-hydrogen) atoms. The maximum atomic E-state index is 7.03. The Labute approximate surface area is 55.5 Å². The fourth-order valence-corrected chi connectivity index (χ4v) is 0.559. The maximum Gasteiger partial charge on any atom is 0.0297 e. The van der Waals surface area contributed by atoms with Crippen molar-refractivity contribution >= 4 is 5.71 Å². The standard InChI is InChI=1S/C7H12N2/c1-6(8)4-5-9-7-2-3-7/h4-5,7-9H,2-3H2,1H3/b5-4-,8-6?. The van der Waals surface area contributed by atoms with Crippen LogP contribution in [0, 0.1) is 5.41 Å². The SMILES string of the molecule is CC(=N)/C=C\NC1CC1. The van der Waals surface area contributed by atoms with Crippen molar-refractivity contribution in [1.82, 2.24) is 5.32 Å². The lowest BCUT2D eigenvalue weighted by Gasteiger charge is -1.91. The minimum absolute atomic E-state index is 0.600. The molecule has 0 aromatic heterocycles. The van der Waals surface area contributed by atoms with E-state index in [-0.39, 0.29) is 0 Å². The summed E-state index contributed by atoms with van der Waals surface area (Å²) >= 11 is 0. The number of rotatable bonds is 3. The first kappa shape index (κ1) is 6.33. The van der Waals surface area contributed by atoms with Crippen molar-refractivity contribution in [3.8, 4) is 0 Å². The average molecular weight is 124 g/mol. The molecule has 2 nitrogen and oxygen atoms in total. The third-order valence-corrected chi connectivity index (χ3v) is 1.24. The van der Waals surface area contributed by atoms with Crippen molar-refractivity contribution in [1.29, 1.82) is 5.41 Å². The van der Waals surface area contributed by atoms with Crippen LogP contribution in [0.2, 0.25) is 0 Å². The van der Waals surface area contributed by atoms with Crippen LogP contribution in [0.5, 0.6) is 0 Å². The van der Waals surface area contributed by atoms with Crippen LogP contribution in [-0.4, -0.2) is 11.8 Å². The Balaban J connectivity index is 2.08. The van der Waals surface area contributed by atoms with Gasteiger partial charge in [0, 0.05) is 11.8 Å². The second-order valence-electron chi connectivity index (χ2n) is 2.46. The molecule has 0 aliphatic heterocycles. The van der Waals surface area contributed by atoms with E-state index in [1.165, 1.54) is 12.8 Å². The Morgan fingerprint density at radius 3 is 2.78 bits per heavy atom. The third kappa shape index (κ3) is 2.90. The van der Waals surface area contributed by atoms with Gasteiger partial charge < -0.3 is 10.7 Å². The predicted molar refractivity (Wildman–Crippen MR) is 38.7 cm³/mol. The molecule has 2 heteroatoms. The van der Waals surface area contributed by atoms with E-state index in [4.69, 9.17) is 5.41 Å². The Kier molecular flexibility index (Phi) is 1.88. The summed E-state index contributed by atoms with van der Waals surface area (Å²) in [6.45, 7) is 1.77. The van der Waals surface area contributed by atoms with Crippen LogP contribution in [-0.2, 0) is 0 Å². The largest absolute Gasteiger partial charge is 0.388 e. The summed E-state index contributed by atoms with van der Waals surface area (Å²) in [6.07, 6.45) is 6.22. The molecule has 0 bridgehead atoms. The van der Waals surface area contributed by atoms with Gasteiger partial charge in [-0.1, -0.05) is 0 Å². The molecule has 0 radical (unpaired) electrons. The molecule has 0 saturated heterocycles. The minimum atomic E-state index is 0.600. The highest BCUT2D eigenvalue weighted by Crippen LogP contribution is 2.18. The fraction of sp³-hybridized carbons (Fsp3) is 0.571. The van der Waals surface area contributed by atoms with Gasteiger partial charge in [-0.2, -0.15) is 0 Å². The average Bonchev–Trinajstić information content (AvgIpc) is 2.48. The van der Waals surface area contributed by atoms with Crippen molar-refractivity contribution in [2.24, 2.45) is 0 Å². The van der Waals surface area contributed by atoms with Crippen LogP contribution in [0.4, 0.5) is 0 Å². The van der Waals surface area contributed by atoms with E-state index in [1.54, 1.807) is 13.0 Å². The molecular formula is C7H12N2. The smallest absolute Gasteiger partial charge is 0.0297 e. The van der Waals surface area contributed by atoms with E-state index in [1.807, 2.05) is 6.20 Å². The second kappa shape index (κ2) is 2.67. The van der Waals surface area contributed by atoms with Gasteiger partial charge in [0.15, 0.2) is 0 Å². The molecular weight excluding hydrogens is 112 g/mol. The number of allylic oxidation sites excluding steroid dienone is 1. The normalized spacial score (nSPS) is 18.3. The van der Waals surface area contributed by atoms with E-state index in [2.05, 4.69) is 5.32 Å². The lowest BCUT2D eigenvalue weighted by atomic mass is 10.4. The summed E-state index contributed by atoms with van der Waals surface area (Å²) in [6, 6.07) is 0.709. The minimum Gasteiger partial charge on any atom is -0.388 e. The summed E-state index contributed by atoms with van der Waals surface area (Å²) in [5.74, 6) is 0. The highest BCUT2D eigenvalue weighted by atomic mass is 14.9. The van der Waals surface area contributed by atoms with Crippen molar-refractivity contribution in [3.05, 3.63) is 12.3 Å². The lowest BCUT2D eigenvalue weighted by Crippen LogP contribution is -2.06. The van der Waals surface area contributed by atoms with Gasteiger partial charge in [0.25, 0.3) is 0 Å². The lowest BCUT2D eigenvalue weighted by molar-refractivity contribution is 0.863. The van der Waals surface area contributed by atoms with Gasteiger partial charge in [-0.05, 0) is 32.0 Å². The van der Waals surface area contributed by atoms with E-state index in [9.17, 15) is 0 Å². The first-order chi connectivity index (χ1) is 4.29. The molecule has 0 aromatic carbocycles. The molecule has 0 spiro atoms. The topological polar surface area (TPSA) is 35.9 Å². The Morgan fingerprint density at radius 1 is 1.67 bits per heavy atom. The molecule has 2 N–H and O–H groups in total. The fourth-order valence-electron chi connectivity index (χ4n) is 0.559. The molecule has 0 aromatic rings. The highest BCUT2D eigenvalue weighted by Gasteiger charge is 2.18. The van der Waals surface area contributed by atoms with Gasteiger partial charge in [-0.25, -0.2) is 0 Å². The highest BCUT2D eigenvalue weighted by molar-refractivity contribution is 5.89. The van der Waals surface area contributed by atoms with Crippen LogP contribution in [0.25, 0.3) is 0 Å². The van der Waals surface area contributed by atoms with Gasteiger partial charge in [0.1, 0.15) is 0 Å². The monoisotopic (exact) mass is 124 g/mol. The zero-order chi connectivity index (χ0) is 6.69. The van der Waals surface area contributed by atoms with Crippen molar-refractivity contribution in [2.45, 2.75) is 25.8 Å². The molecule has 1 saturated carbocycles. The van der Waals surface area contributed by atoms with Gasteiger partial charge in [0.2, 0.25) is 0 Å². The van der Waals surface area contributed by atoms with Crippen molar-refractivity contribution < 1.29 is 0 Å². The zero-order valence-electron chi connectivity index (χ0n) is 5.65. The first-order valence-corrected chi connectivity index (χ1v) is 3.27. The first-order valence-electron chi connectivity index (χ1n) is 3.27. The van der Waals surface area contributed by atoms with E-state index in [0.29, 0.717) is 11.8 Å². The summed E-state index contributed by atoms with van der Waals surface area (Å²) in [5, 5.41) is 10.2. The van der Waals surface area contributed by atoms with E-state index >= 15 is 0 Å². The molecule has 0 heterocycles. The van der Waals surface area contributed by atoms with Crippen LogP contribution >= 0.6 is 0 Å². The summed E-state index contributed by atoms with van der Waals surface area (Å²) in [4.78, 5) is 0. The summed E-state index contributed by atoms with van der Waals surface area (Å²) < 4.78 is 0. The Hall–Kier alpha value is -0.790. The number of hydrogen-bond donors (Lipinski definition) is 2. The molecule has 1 rings (SSSR count). The molecule has 50 valence electrons. The van der Waals surface area contributed by atoms with Crippen molar-refractivity contribution in [2.75, 3.05) is 0 Å². The van der Waals surface area contributed by atoms with Crippen LogP contribution < -0.4 is 5.32 Å². The molecule has 1 fully saturated rings. The molecule has 1 aliphatic rings. The molecule has 1 aliphatic carbocycles. The second-order valence-corrected chi connectivity index (χ2v) is 2.46. The van der Waals surface area contributed by atoms with E-state index in [0.717, 1.165) is 0 Å². The van der Waals surface area contributed by atoms with Crippen LogP contribution in [0.3, 0.4) is 0 Å².